The van der Waals surface area contributed by atoms with Gasteiger partial charge in [0.15, 0.2) is 0 Å². The zero-order valence-corrected chi connectivity index (χ0v) is 13.5. The number of nitrogens with one attached hydrogen (secondary N) is 1. The van der Waals surface area contributed by atoms with Crippen molar-refractivity contribution in [2.45, 2.75) is 19.3 Å². The molecule has 0 aromatic carbocycles. The molecule has 1 fully saturated rings. The minimum atomic E-state index is 0.643. The van der Waals surface area contributed by atoms with E-state index in [2.05, 4.69) is 15.3 Å². The minimum Gasteiger partial charge on any atom is -0.316 e. The minimum absolute atomic E-state index is 0.643. The highest BCUT2D eigenvalue weighted by atomic mass is 35.5. The summed E-state index contributed by atoms with van der Waals surface area (Å²) in [6.07, 6.45) is 10.8. The van der Waals surface area contributed by atoms with Crippen molar-refractivity contribution >= 4 is 17.2 Å². The molecule has 1 saturated heterocycles. The third-order valence-corrected chi connectivity index (χ3v) is 4.54. The Labute approximate surface area is 139 Å². The lowest BCUT2D eigenvalue weighted by Crippen LogP contribution is -2.31. The molecule has 0 bridgehead atoms. The Bertz CT molecular complexity index is 823. The van der Waals surface area contributed by atoms with Crippen molar-refractivity contribution in [2.24, 2.45) is 5.92 Å². The number of aromatic nitrogens is 4. The highest BCUT2D eigenvalue weighted by Crippen LogP contribution is 2.22. The first-order chi connectivity index (χ1) is 11.3. The smallest absolute Gasteiger partial charge is 0.137 e. The Kier molecular flexibility index (Phi) is 3.97. The van der Waals surface area contributed by atoms with Crippen molar-refractivity contribution in [3.63, 3.8) is 0 Å². The van der Waals surface area contributed by atoms with Crippen LogP contribution >= 0.6 is 11.6 Å². The van der Waals surface area contributed by atoms with Gasteiger partial charge in [-0.25, -0.2) is 9.97 Å². The van der Waals surface area contributed by atoms with Crippen LogP contribution in [0.4, 0.5) is 0 Å². The number of nitrogens with zero attached hydrogens (tertiary/aromatic N) is 4. The summed E-state index contributed by atoms with van der Waals surface area (Å²) in [6, 6.07) is 3.74. The molecule has 3 aromatic heterocycles. The number of hydrogen-bond acceptors (Lipinski definition) is 4. The van der Waals surface area contributed by atoms with Crippen LogP contribution in [0.2, 0.25) is 5.02 Å². The number of rotatable bonds is 3. The van der Waals surface area contributed by atoms with Crippen LogP contribution in [0.1, 0.15) is 18.5 Å². The van der Waals surface area contributed by atoms with Gasteiger partial charge in [-0.3, -0.25) is 9.38 Å². The first-order valence-electron chi connectivity index (χ1n) is 7.94. The molecule has 0 radical (unpaired) electrons. The molecule has 0 aliphatic carbocycles. The van der Waals surface area contributed by atoms with Gasteiger partial charge in [0.1, 0.15) is 11.3 Å². The van der Waals surface area contributed by atoms with Gasteiger partial charge in [0.05, 0.1) is 28.8 Å². The molecule has 6 heteroatoms. The molecular formula is C17H18ClN5. The molecule has 0 amide bonds. The van der Waals surface area contributed by atoms with Crippen molar-refractivity contribution in [1.82, 2.24) is 24.7 Å². The average molecular weight is 328 g/mol. The summed E-state index contributed by atoms with van der Waals surface area (Å²) in [5.41, 5.74) is 3.64. The first-order valence-corrected chi connectivity index (χ1v) is 8.32. The first kappa shape index (κ1) is 14.6. The maximum absolute atomic E-state index is 6.10. The number of piperidine rings is 1. The Morgan fingerprint density at radius 3 is 3.09 bits per heavy atom. The van der Waals surface area contributed by atoms with Crippen molar-refractivity contribution in [3.8, 4) is 11.4 Å². The molecule has 1 aliphatic heterocycles. The van der Waals surface area contributed by atoms with Crippen molar-refractivity contribution in [1.29, 1.82) is 0 Å². The van der Waals surface area contributed by atoms with E-state index in [9.17, 15) is 0 Å². The number of halogens is 1. The van der Waals surface area contributed by atoms with Gasteiger partial charge in [0.25, 0.3) is 0 Å². The second-order valence-electron chi connectivity index (χ2n) is 6.03. The van der Waals surface area contributed by atoms with Gasteiger partial charge >= 0.3 is 0 Å². The van der Waals surface area contributed by atoms with Gasteiger partial charge in [-0.15, -0.1) is 0 Å². The van der Waals surface area contributed by atoms with E-state index in [1.54, 1.807) is 6.20 Å². The number of pyridine rings is 1. The summed E-state index contributed by atoms with van der Waals surface area (Å²) in [4.78, 5) is 13.6. The van der Waals surface area contributed by atoms with Crippen molar-refractivity contribution in [3.05, 3.63) is 47.6 Å². The summed E-state index contributed by atoms with van der Waals surface area (Å²) < 4.78 is 1.96. The van der Waals surface area contributed by atoms with E-state index in [0.29, 0.717) is 10.9 Å². The standard InChI is InChI=1S/C17H18ClN5/c18-13-3-4-17-21-10-16(23(17)11-13)15-9-20-8-14(22-15)6-12-2-1-5-19-7-12/h3-4,8-12,19H,1-2,5-7H2/t12-/m0/s1. The zero-order valence-electron chi connectivity index (χ0n) is 12.7. The normalized spacial score (nSPS) is 18.4. The van der Waals surface area contributed by atoms with Gasteiger partial charge in [0, 0.05) is 12.4 Å². The predicted molar refractivity (Wildman–Crippen MR) is 90.5 cm³/mol. The maximum Gasteiger partial charge on any atom is 0.137 e. The van der Waals surface area contributed by atoms with Crippen LogP contribution in [-0.2, 0) is 6.42 Å². The number of hydrogen-bond donors (Lipinski definition) is 1. The number of imidazole rings is 1. The van der Waals surface area contributed by atoms with Gasteiger partial charge in [-0.2, -0.15) is 0 Å². The van der Waals surface area contributed by atoms with Crippen LogP contribution in [-0.4, -0.2) is 32.4 Å². The summed E-state index contributed by atoms with van der Waals surface area (Å²) in [7, 11) is 0. The molecule has 4 heterocycles. The van der Waals surface area contributed by atoms with E-state index >= 15 is 0 Å². The summed E-state index contributed by atoms with van der Waals surface area (Å²) in [5, 5.41) is 4.13. The Morgan fingerprint density at radius 1 is 1.26 bits per heavy atom. The van der Waals surface area contributed by atoms with Gasteiger partial charge < -0.3 is 5.32 Å². The molecule has 3 aromatic rings. The lowest BCUT2D eigenvalue weighted by molar-refractivity contribution is 0.373. The van der Waals surface area contributed by atoms with Gasteiger partial charge in [-0.1, -0.05) is 11.6 Å². The van der Waals surface area contributed by atoms with Crippen LogP contribution in [0.3, 0.4) is 0 Å². The molecule has 5 nitrogen and oxygen atoms in total. The molecule has 0 saturated carbocycles. The molecule has 23 heavy (non-hydrogen) atoms. The van der Waals surface area contributed by atoms with E-state index in [1.807, 2.05) is 35.1 Å². The average Bonchev–Trinajstić information content (AvgIpc) is 2.99. The van der Waals surface area contributed by atoms with Crippen LogP contribution in [0.5, 0.6) is 0 Å². The predicted octanol–water partition coefficient (Wildman–Crippen LogP) is 2.99. The van der Waals surface area contributed by atoms with Crippen LogP contribution in [0.25, 0.3) is 17.0 Å². The van der Waals surface area contributed by atoms with Crippen LogP contribution in [0, 0.1) is 5.92 Å². The van der Waals surface area contributed by atoms with E-state index in [4.69, 9.17) is 16.6 Å². The summed E-state index contributed by atoms with van der Waals surface area (Å²) in [5.74, 6) is 0.643. The maximum atomic E-state index is 6.10. The molecule has 1 N–H and O–H groups in total. The molecule has 118 valence electrons. The third-order valence-electron chi connectivity index (χ3n) is 4.31. The monoisotopic (exact) mass is 327 g/mol. The molecule has 1 aliphatic rings. The Hall–Kier alpha value is -1.98. The second kappa shape index (κ2) is 6.26. The Morgan fingerprint density at radius 2 is 2.22 bits per heavy atom. The van der Waals surface area contributed by atoms with E-state index < -0.39 is 0 Å². The zero-order chi connectivity index (χ0) is 15.6. The second-order valence-corrected chi connectivity index (χ2v) is 6.47. The van der Waals surface area contributed by atoms with Crippen molar-refractivity contribution in [2.75, 3.05) is 13.1 Å². The molecule has 4 rings (SSSR count). The lowest BCUT2D eigenvalue weighted by atomic mass is 9.95. The Balaban J connectivity index is 1.65. The topological polar surface area (TPSA) is 55.1 Å². The molecule has 0 unspecified atom stereocenters. The fourth-order valence-electron chi connectivity index (χ4n) is 3.17. The van der Waals surface area contributed by atoms with Crippen LogP contribution < -0.4 is 5.32 Å². The van der Waals surface area contributed by atoms with E-state index in [-0.39, 0.29) is 0 Å². The van der Waals surface area contributed by atoms with E-state index in [0.717, 1.165) is 42.2 Å². The summed E-state index contributed by atoms with van der Waals surface area (Å²) in [6.45, 7) is 2.20. The SMILES string of the molecule is Clc1ccc2ncc(-c3cncc(C[C@@H]4CCCNC4)n3)n2c1. The van der Waals surface area contributed by atoms with Gasteiger partial charge in [-0.05, 0) is 50.4 Å². The fourth-order valence-corrected chi connectivity index (χ4v) is 3.33. The van der Waals surface area contributed by atoms with Gasteiger partial charge in [0.2, 0.25) is 0 Å². The summed E-state index contributed by atoms with van der Waals surface area (Å²) >= 11 is 6.10. The molecule has 1 atom stereocenters. The van der Waals surface area contributed by atoms with Crippen molar-refractivity contribution < 1.29 is 0 Å². The molecular weight excluding hydrogens is 310 g/mol. The number of fused-ring (bicyclic) bond motifs is 1. The third kappa shape index (κ3) is 3.07. The van der Waals surface area contributed by atoms with Crippen LogP contribution in [0.15, 0.2) is 36.9 Å². The highest BCUT2D eigenvalue weighted by Gasteiger charge is 2.15. The quantitative estimate of drug-likeness (QED) is 0.803. The largest absolute Gasteiger partial charge is 0.316 e. The highest BCUT2D eigenvalue weighted by molar-refractivity contribution is 6.30. The fraction of sp³-hybridized carbons (Fsp3) is 0.353. The lowest BCUT2D eigenvalue weighted by Gasteiger charge is -2.22. The molecule has 0 spiro atoms. The van der Waals surface area contributed by atoms with E-state index in [1.165, 1.54) is 12.8 Å².